The number of carboxylic acids is 1. The number of halogens is 5. The summed E-state index contributed by atoms with van der Waals surface area (Å²) in [5, 5.41) is 8.46. The fraction of sp³-hybridized carbons (Fsp3) is 0.200. The van der Waals surface area contributed by atoms with E-state index in [9.17, 15) is 18.0 Å². The van der Waals surface area contributed by atoms with Crippen molar-refractivity contribution in [3.8, 4) is 17.4 Å². The predicted molar refractivity (Wildman–Crippen MR) is 78.5 cm³/mol. The van der Waals surface area contributed by atoms with Crippen LogP contribution in [0.4, 0.5) is 13.2 Å². The summed E-state index contributed by atoms with van der Waals surface area (Å²) in [4.78, 5) is 14.2. The number of alkyl halides is 3. The molecule has 0 bridgehead atoms. The standard InChI is InChI=1S/C15H11ClF3NO4.ClH/c1-8(14(21)22)23-10-2-4-11(5-3-10)24-13-12(16)6-9(7-20-13)15(17,18)19;/h2-8H,1H3,(H,21,22);1H/p-1/t8-;/m1./s1. The van der Waals surface area contributed by atoms with Gasteiger partial charge in [0.05, 0.1) is 5.56 Å². The SMILES string of the molecule is C[C@@H](Oc1ccc(Oc2ncc(C(F)(F)F)cc2Cl)cc1)C(=O)O.[Cl-]. The maximum absolute atomic E-state index is 12.5. The molecule has 1 heterocycles. The second-order valence-electron chi connectivity index (χ2n) is 4.68. The zero-order valence-electron chi connectivity index (χ0n) is 12.6. The van der Waals surface area contributed by atoms with Crippen LogP contribution in [-0.2, 0) is 11.0 Å². The predicted octanol–water partition coefficient (Wildman–Crippen LogP) is 1.40. The van der Waals surface area contributed by atoms with Gasteiger partial charge in [-0.2, -0.15) is 13.2 Å². The average molecular weight is 397 g/mol. The van der Waals surface area contributed by atoms with Crippen molar-refractivity contribution in [2.45, 2.75) is 19.2 Å². The monoisotopic (exact) mass is 396 g/mol. The lowest BCUT2D eigenvalue weighted by Gasteiger charge is -2.12. The minimum Gasteiger partial charge on any atom is -1.00 e. The van der Waals surface area contributed by atoms with E-state index in [1.54, 1.807) is 0 Å². The number of aromatic nitrogens is 1. The second-order valence-corrected chi connectivity index (χ2v) is 5.09. The quantitative estimate of drug-likeness (QED) is 0.827. The molecule has 2 rings (SSSR count). The van der Waals surface area contributed by atoms with Crippen LogP contribution in [0.2, 0.25) is 5.02 Å². The molecular formula is C15H11Cl2F3NO4-. The molecule has 0 aliphatic heterocycles. The molecule has 2 aromatic rings. The van der Waals surface area contributed by atoms with Gasteiger partial charge in [-0.25, -0.2) is 9.78 Å². The van der Waals surface area contributed by atoms with E-state index in [0.717, 1.165) is 6.07 Å². The first kappa shape index (κ1) is 20.9. The third kappa shape index (κ3) is 5.68. The Morgan fingerprint density at radius 3 is 2.28 bits per heavy atom. The summed E-state index contributed by atoms with van der Waals surface area (Å²) in [5.41, 5.74) is -0.980. The first-order chi connectivity index (χ1) is 11.2. The average Bonchev–Trinajstić information content (AvgIpc) is 2.50. The lowest BCUT2D eigenvalue weighted by molar-refractivity contribution is -0.144. The van der Waals surface area contributed by atoms with Crippen LogP contribution < -0.4 is 21.9 Å². The second kappa shape index (κ2) is 8.26. The van der Waals surface area contributed by atoms with Crippen LogP contribution in [0.25, 0.3) is 0 Å². The minimum atomic E-state index is -4.55. The smallest absolute Gasteiger partial charge is 0.417 e. The van der Waals surface area contributed by atoms with E-state index in [2.05, 4.69) is 4.98 Å². The molecule has 136 valence electrons. The first-order valence-corrected chi connectivity index (χ1v) is 6.94. The van der Waals surface area contributed by atoms with Gasteiger partial charge < -0.3 is 27.0 Å². The van der Waals surface area contributed by atoms with Gasteiger partial charge in [-0.1, -0.05) is 11.6 Å². The lowest BCUT2D eigenvalue weighted by atomic mass is 10.3. The van der Waals surface area contributed by atoms with Crippen LogP contribution in [0.5, 0.6) is 17.4 Å². The highest BCUT2D eigenvalue weighted by Crippen LogP contribution is 2.34. The summed E-state index contributed by atoms with van der Waals surface area (Å²) in [6.07, 6.45) is -4.95. The third-order valence-corrected chi connectivity index (χ3v) is 3.10. The van der Waals surface area contributed by atoms with Gasteiger partial charge in [0.15, 0.2) is 6.10 Å². The van der Waals surface area contributed by atoms with Crippen LogP contribution in [0.1, 0.15) is 12.5 Å². The number of hydrogen-bond acceptors (Lipinski definition) is 4. The van der Waals surface area contributed by atoms with Crippen LogP contribution >= 0.6 is 11.6 Å². The molecule has 0 aliphatic rings. The van der Waals surface area contributed by atoms with Crippen molar-refractivity contribution in [1.29, 1.82) is 0 Å². The Hall–Kier alpha value is -2.19. The molecule has 0 saturated carbocycles. The Kier molecular flexibility index (Phi) is 6.89. The molecule has 0 amide bonds. The van der Waals surface area contributed by atoms with Gasteiger partial charge >= 0.3 is 12.1 Å². The maximum atomic E-state index is 12.5. The molecule has 1 aromatic heterocycles. The zero-order valence-corrected chi connectivity index (χ0v) is 14.1. The van der Waals surface area contributed by atoms with E-state index < -0.39 is 23.8 Å². The normalized spacial score (nSPS) is 12.0. The molecule has 0 unspecified atom stereocenters. The van der Waals surface area contributed by atoms with Crippen molar-refractivity contribution in [2.75, 3.05) is 0 Å². The Morgan fingerprint density at radius 2 is 1.80 bits per heavy atom. The van der Waals surface area contributed by atoms with Crippen molar-refractivity contribution >= 4 is 17.6 Å². The van der Waals surface area contributed by atoms with Crippen molar-refractivity contribution in [3.63, 3.8) is 0 Å². The fourth-order valence-electron chi connectivity index (χ4n) is 1.61. The summed E-state index contributed by atoms with van der Waals surface area (Å²) in [6, 6.07) is 6.51. The summed E-state index contributed by atoms with van der Waals surface area (Å²) in [6.45, 7) is 1.37. The van der Waals surface area contributed by atoms with Gasteiger partial charge in [0.2, 0.25) is 5.88 Å². The van der Waals surface area contributed by atoms with Crippen molar-refractivity contribution in [2.24, 2.45) is 0 Å². The number of nitrogens with zero attached hydrogens (tertiary/aromatic N) is 1. The molecule has 0 radical (unpaired) electrons. The van der Waals surface area contributed by atoms with E-state index in [4.69, 9.17) is 26.2 Å². The van der Waals surface area contributed by atoms with E-state index in [1.807, 2.05) is 0 Å². The van der Waals surface area contributed by atoms with Gasteiger partial charge in [0.1, 0.15) is 16.5 Å². The number of pyridine rings is 1. The van der Waals surface area contributed by atoms with Gasteiger partial charge in [0.25, 0.3) is 0 Å². The number of benzene rings is 1. The first-order valence-electron chi connectivity index (χ1n) is 6.57. The molecule has 10 heteroatoms. The highest BCUT2D eigenvalue weighted by Gasteiger charge is 2.31. The Morgan fingerprint density at radius 1 is 1.24 bits per heavy atom. The van der Waals surface area contributed by atoms with Crippen LogP contribution in [0, 0.1) is 0 Å². The summed E-state index contributed by atoms with van der Waals surface area (Å²) >= 11 is 5.74. The molecule has 1 atom stereocenters. The minimum absolute atomic E-state index is 0. The fourth-order valence-corrected chi connectivity index (χ4v) is 1.81. The van der Waals surface area contributed by atoms with Crippen LogP contribution in [-0.4, -0.2) is 22.2 Å². The Balaban J connectivity index is 0.00000312. The number of hydrogen-bond donors (Lipinski definition) is 1. The topological polar surface area (TPSA) is 68.7 Å². The van der Waals surface area contributed by atoms with E-state index in [-0.39, 0.29) is 29.1 Å². The van der Waals surface area contributed by atoms with E-state index >= 15 is 0 Å². The largest absolute Gasteiger partial charge is 1.00 e. The molecule has 1 N–H and O–H groups in total. The number of rotatable bonds is 5. The van der Waals surface area contributed by atoms with Crippen molar-refractivity contribution in [3.05, 3.63) is 47.1 Å². The number of carboxylic acid groups (broad SMARTS) is 1. The van der Waals surface area contributed by atoms with Gasteiger partial charge in [-0.3, -0.25) is 0 Å². The van der Waals surface area contributed by atoms with Crippen LogP contribution in [0.15, 0.2) is 36.5 Å². The number of carbonyl (C=O) groups is 1. The molecule has 25 heavy (non-hydrogen) atoms. The van der Waals surface area contributed by atoms with E-state index in [1.165, 1.54) is 31.2 Å². The molecule has 0 saturated heterocycles. The molecule has 0 spiro atoms. The summed E-state index contributed by atoms with van der Waals surface area (Å²) in [7, 11) is 0. The van der Waals surface area contributed by atoms with Crippen LogP contribution in [0.3, 0.4) is 0 Å². The summed E-state index contributed by atoms with van der Waals surface area (Å²) in [5.74, 6) is -0.753. The van der Waals surface area contributed by atoms with E-state index in [0.29, 0.717) is 11.9 Å². The molecular weight excluding hydrogens is 386 g/mol. The molecule has 0 fully saturated rings. The highest BCUT2D eigenvalue weighted by molar-refractivity contribution is 6.31. The van der Waals surface area contributed by atoms with Gasteiger partial charge in [-0.05, 0) is 37.3 Å². The Labute approximate surface area is 151 Å². The molecule has 1 aromatic carbocycles. The zero-order chi connectivity index (χ0) is 17.9. The lowest BCUT2D eigenvalue weighted by Crippen LogP contribution is -3.00. The third-order valence-electron chi connectivity index (χ3n) is 2.83. The maximum Gasteiger partial charge on any atom is 0.417 e. The van der Waals surface area contributed by atoms with Gasteiger partial charge in [0, 0.05) is 6.20 Å². The van der Waals surface area contributed by atoms with Crippen molar-refractivity contribution in [1.82, 2.24) is 4.98 Å². The number of ether oxygens (including phenoxy) is 2. The van der Waals surface area contributed by atoms with Crippen molar-refractivity contribution < 1.29 is 45.0 Å². The van der Waals surface area contributed by atoms with Gasteiger partial charge in [-0.15, -0.1) is 0 Å². The summed E-state index contributed by atoms with van der Waals surface area (Å²) < 4.78 is 48.0. The number of aliphatic carboxylic acids is 1. The highest BCUT2D eigenvalue weighted by atomic mass is 35.5. The Bertz CT molecular complexity index is 739. The molecule has 0 aliphatic carbocycles. The molecule has 5 nitrogen and oxygen atoms in total.